The molecule has 0 fully saturated rings. The molecule has 3 aromatic rings. The predicted molar refractivity (Wildman–Crippen MR) is 105 cm³/mol. The predicted octanol–water partition coefficient (Wildman–Crippen LogP) is 5.37. The number of rotatable bonds is 5. The van der Waals surface area contributed by atoms with Crippen LogP contribution < -0.4 is 10.1 Å². The average molecular weight is 388 g/mol. The summed E-state index contributed by atoms with van der Waals surface area (Å²) >= 11 is 11.9. The third kappa shape index (κ3) is 3.82. The van der Waals surface area contributed by atoms with E-state index in [0.29, 0.717) is 27.0 Å². The Morgan fingerprint density at radius 1 is 1.12 bits per heavy atom. The Labute approximate surface area is 160 Å². The molecule has 0 bridgehead atoms. The number of fused-ring (bicyclic) bond motifs is 1. The fourth-order valence-corrected chi connectivity index (χ4v) is 3.02. The molecule has 3 aromatic carbocycles. The van der Waals surface area contributed by atoms with Crippen molar-refractivity contribution >= 4 is 51.9 Å². The number of hydrogen-bond acceptors (Lipinski definition) is 3. The highest BCUT2D eigenvalue weighted by Gasteiger charge is 2.18. The van der Waals surface area contributed by atoms with Crippen LogP contribution in [0.3, 0.4) is 0 Å². The van der Waals surface area contributed by atoms with Crippen molar-refractivity contribution in [3.05, 3.63) is 70.2 Å². The van der Waals surface area contributed by atoms with Gasteiger partial charge in [0.1, 0.15) is 5.75 Å². The molecular formula is C20H15Cl2NO3. The Hall–Kier alpha value is -2.56. The fraction of sp³-hybridized carbons (Fsp3) is 0.100. The lowest BCUT2D eigenvalue weighted by molar-refractivity contribution is -0.122. The number of hydrogen-bond donors (Lipinski definition) is 1. The summed E-state index contributed by atoms with van der Waals surface area (Å²) in [6.45, 7) is 1.60. The summed E-state index contributed by atoms with van der Waals surface area (Å²) in [5, 5.41) is 5.19. The maximum Gasteiger partial charge on any atom is 0.265 e. The number of aldehydes is 1. The van der Waals surface area contributed by atoms with E-state index >= 15 is 0 Å². The van der Waals surface area contributed by atoms with Crippen LogP contribution >= 0.6 is 23.2 Å². The van der Waals surface area contributed by atoms with Crippen molar-refractivity contribution in [3.63, 3.8) is 0 Å². The zero-order valence-corrected chi connectivity index (χ0v) is 15.3. The lowest BCUT2D eigenvalue weighted by Gasteiger charge is -2.17. The number of amides is 1. The molecule has 1 N–H and O–H groups in total. The van der Waals surface area contributed by atoms with Gasteiger partial charge in [-0.3, -0.25) is 9.59 Å². The number of halogens is 2. The molecule has 0 heterocycles. The molecule has 0 aliphatic heterocycles. The molecule has 0 spiro atoms. The van der Waals surface area contributed by atoms with Crippen LogP contribution in [0, 0.1) is 0 Å². The Kier molecular flexibility index (Phi) is 5.45. The van der Waals surface area contributed by atoms with Gasteiger partial charge in [-0.25, -0.2) is 0 Å². The molecule has 4 nitrogen and oxygen atoms in total. The van der Waals surface area contributed by atoms with Crippen molar-refractivity contribution in [1.82, 2.24) is 0 Å². The quantitative estimate of drug-likeness (QED) is 0.599. The summed E-state index contributed by atoms with van der Waals surface area (Å²) < 4.78 is 5.73. The number of ether oxygens (including phenoxy) is 1. The van der Waals surface area contributed by atoms with E-state index in [-0.39, 0.29) is 5.91 Å². The van der Waals surface area contributed by atoms with Crippen LogP contribution in [0.15, 0.2) is 54.6 Å². The van der Waals surface area contributed by atoms with Crippen molar-refractivity contribution in [2.24, 2.45) is 0 Å². The van der Waals surface area contributed by atoms with Gasteiger partial charge in [-0.15, -0.1) is 0 Å². The maximum absolute atomic E-state index is 12.4. The van der Waals surface area contributed by atoms with Crippen molar-refractivity contribution < 1.29 is 14.3 Å². The van der Waals surface area contributed by atoms with Gasteiger partial charge in [0.25, 0.3) is 5.91 Å². The monoisotopic (exact) mass is 387 g/mol. The van der Waals surface area contributed by atoms with Crippen molar-refractivity contribution in [2.45, 2.75) is 13.0 Å². The first-order chi connectivity index (χ1) is 12.5. The zero-order valence-electron chi connectivity index (χ0n) is 13.8. The Bertz CT molecular complexity index is 988. The van der Waals surface area contributed by atoms with Crippen LogP contribution in [0.25, 0.3) is 10.8 Å². The zero-order chi connectivity index (χ0) is 18.7. The number of carbonyl (C=O) groups is 2. The summed E-state index contributed by atoms with van der Waals surface area (Å²) in [4.78, 5) is 24.0. The van der Waals surface area contributed by atoms with Crippen LogP contribution in [0.4, 0.5) is 5.69 Å². The van der Waals surface area contributed by atoms with E-state index < -0.39 is 6.10 Å². The van der Waals surface area contributed by atoms with Gasteiger partial charge in [-0.1, -0.05) is 53.5 Å². The lowest BCUT2D eigenvalue weighted by Crippen LogP contribution is -2.30. The van der Waals surface area contributed by atoms with E-state index in [4.69, 9.17) is 27.9 Å². The standard InChI is InChI=1S/C20H15Cl2NO3/c1-12(20(25)23-18-8-7-14(21)10-17(18)22)26-19-9-6-13-4-2-3-5-15(13)16(19)11-24/h2-12H,1H3,(H,23,25)/t12-/m1/s1. The SMILES string of the molecule is C[C@@H](Oc1ccc2ccccc2c1C=O)C(=O)Nc1ccc(Cl)cc1Cl. The summed E-state index contributed by atoms with van der Waals surface area (Å²) in [6.07, 6.45) is -0.0974. The van der Waals surface area contributed by atoms with Crippen molar-refractivity contribution in [2.75, 3.05) is 5.32 Å². The van der Waals surface area contributed by atoms with Crippen LogP contribution in [-0.4, -0.2) is 18.3 Å². The van der Waals surface area contributed by atoms with Gasteiger partial charge in [0, 0.05) is 5.02 Å². The van der Waals surface area contributed by atoms with Crippen molar-refractivity contribution in [3.8, 4) is 5.75 Å². The fourth-order valence-electron chi connectivity index (χ4n) is 2.57. The first-order valence-corrected chi connectivity index (χ1v) is 8.64. The molecule has 0 saturated heterocycles. The number of anilines is 1. The van der Waals surface area contributed by atoms with Crippen LogP contribution in [0.1, 0.15) is 17.3 Å². The highest BCUT2D eigenvalue weighted by atomic mass is 35.5. The Morgan fingerprint density at radius 3 is 2.62 bits per heavy atom. The molecule has 6 heteroatoms. The summed E-state index contributed by atoms with van der Waals surface area (Å²) in [6, 6.07) is 15.8. The molecule has 1 atom stereocenters. The van der Waals surface area contributed by atoms with Gasteiger partial charge in [-0.05, 0) is 42.0 Å². The second-order valence-electron chi connectivity index (χ2n) is 5.69. The maximum atomic E-state index is 12.4. The van der Waals surface area contributed by atoms with Gasteiger partial charge in [0.15, 0.2) is 12.4 Å². The smallest absolute Gasteiger partial charge is 0.265 e. The Balaban J connectivity index is 1.81. The topological polar surface area (TPSA) is 55.4 Å². The van der Waals surface area contributed by atoms with Gasteiger partial charge in [0.2, 0.25) is 0 Å². The molecule has 0 aromatic heterocycles. The average Bonchev–Trinajstić information content (AvgIpc) is 2.63. The first kappa shape index (κ1) is 18.2. The van der Waals surface area contributed by atoms with E-state index in [1.165, 1.54) is 6.07 Å². The van der Waals surface area contributed by atoms with E-state index in [0.717, 1.165) is 17.1 Å². The van der Waals surface area contributed by atoms with Gasteiger partial charge in [0.05, 0.1) is 16.3 Å². The van der Waals surface area contributed by atoms with Gasteiger partial charge in [-0.2, -0.15) is 0 Å². The van der Waals surface area contributed by atoms with Gasteiger partial charge < -0.3 is 10.1 Å². The second-order valence-corrected chi connectivity index (χ2v) is 6.53. The minimum Gasteiger partial charge on any atom is -0.480 e. The molecule has 132 valence electrons. The molecule has 0 unspecified atom stereocenters. The van der Waals surface area contributed by atoms with E-state index in [1.54, 1.807) is 25.1 Å². The third-order valence-corrected chi connectivity index (χ3v) is 4.46. The minimum absolute atomic E-state index is 0.331. The number of benzene rings is 3. The van der Waals surface area contributed by atoms with Crippen LogP contribution in [0.5, 0.6) is 5.75 Å². The first-order valence-electron chi connectivity index (χ1n) is 7.89. The van der Waals surface area contributed by atoms with Crippen LogP contribution in [0.2, 0.25) is 10.0 Å². The molecule has 0 aliphatic carbocycles. The Morgan fingerprint density at radius 2 is 1.88 bits per heavy atom. The van der Waals surface area contributed by atoms with Crippen molar-refractivity contribution in [1.29, 1.82) is 0 Å². The second kappa shape index (κ2) is 7.77. The number of nitrogens with one attached hydrogen (secondary N) is 1. The number of carbonyl (C=O) groups excluding carboxylic acids is 2. The normalized spacial score (nSPS) is 11.8. The highest BCUT2D eigenvalue weighted by Crippen LogP contribution is 2.28. The molecule has 26 heavy (non-hydrogen) atoms. The van der Waals surface area contributed by atoms with E-state index in [9.17, 15) is 9.59 Å². The molecule has 0 aliphatic rings. The third-order valence-electron chi connectivity index (χ3n) is 3.91. The molecule has 1 amide bonds. The largest absolute Gasteiger partial charge is 0.480 e. The van der Waals surface area contributed by atoms with Crippen LogP contribution in [-0.2, 0) is 4.79 Å². The summed E-state index contributed by atoms with van der Waals surface area (Å²) in [5.41, 5.74) is 0.845. The van der Waals surface area contributed by atoms with E-state index in [1.807, 2.05) is 30.3 Å². The molecule has 0 saturated carbocycles. The van der Waals surface area contributed by atoms with Gasteiger partial charge >= 0.3 is 0 Å². The minimum atomic E-state index is -0.832. The molecule has 0 radical (unpaired) electrons. The molecule has 3 rings (SSSR count). The summed E-state index contributed by atoms with van der Waals surface area (Å²) in [5.74, 6) is -0.0391. The summed E-state index contributed by atoms with van der Waals surface area (Å²) in [7, 11) is 0. The lowest BCUT2D eigenvalue weighted by atomic mass is 10.0. The van der Waals surface area contributed by atoms with E-state index in [2.05, 4.69) is 5.32 Å². The molecular weight excluding hydrogens is 373 g/mol. The highest BCUT2D eigenvalue weighted by molar-refractivity contribution is 6.36.